The van der Waals surface area contributed by atoms with Crippen LogP contribution in [0.15, 0.2) is 18.2 Å². The van der Waals surface area contributed by atoms with Gasteiger partial charge >= 0.3 is 0 Å². The van der Waals surface area contributed by atoms with Crippen LogP contribution in [0.1, 0.15) is 30.1 Å². The Balaban J connectivity index is 2.18. The van der Waals surface area contributed by atoms with Crippen molar-refractivity contribution < 1.29 is 15.0 Å². The summed E-state index contributed by atoms with van der Waals surface area (Å²) in [4.78, 5) is 13.9. The summed E-state index contributed by atoms with van der Waals surface area (Å²) in [7, 11) is 0. The van der Waals surface area contributed by atoms with E-state index in [2.05, 4.69) is 6.92 Å². The first kappa shape index (κ1) is 11.8. The molecule has 1 atom stereocenters. The lowest BCUT2D eigenvalue weighted by molar-refractivity contribution is 0.0682. The minimum atomic E-state index is -0.122. The average molecular weight is 235 g/mol. The van der Waals surface area contributed by atoms with Gasteiger partial charge in [0.1, 0.15) is 11.5 Å². The van der Waals surface area contributed by atoms with E-state index in [-0.39, 0.29) is 17.4 Å². The predicted molar refractivity (Wildman–Crippen MR) is 64.1 cm³/mol. The molecule has 17 heavy (non-hydrogen) atoms. The van der Waals surface area contributed by atoms with Gasteiger partial charge in [0, 0.05) is 24.7 Å². The highest BCUT2D eigenvalue weighted by atomic mass is 16.3. The summed E-state index contributed by atoms with van der Waals surface area (Å²) in [5.41, 5.74) is 0.344. The van der Waals surface area contributed by atoms with Crippen molar-refractivity contribution >= 4 is 5.91 Å². The van der Waals surface area contributed by atoms with Crippen molar-refractivity contribution in [3.63, 3.8) is 0 Å². The number of hydrogen-bond acceptors (Lipinski definition) is 3. The molecule has 4 heteroatoms. The Labute approximate surface area is 100 Å². The number of rotatable bonds is 1. The van der Waals surface area contributed by atoms with Crippen LogP contribution in [0.2, 0.25) is 0 Å². The van der Waals surface area contributed by atoms with Crippen LogP contribution in [0.3, 0.4) is 0 Å². The molecule has 0 aliphatic carbocycles. The quantitative estimate of drug-likeness (QED) is 0.782. The van der Waals surface area contributed by atoms with Gasteiger partial charge in [-0.2, -0.15) is 0 Å². The van der Waals surface area contributed by atoms with Gasteiger partial charge in [0.05, 0.1) is 0 Å². The second-order valence-electron chi connectivity index (χ2n) is 4.74. The van der Waals surface area contributed by atoms with Gasteiger partial charge in [-0.15, -0.1) is 0 Å². The van der Waals surface area contributed by atoms with Crippen LogP contribution in [-0.2, 0) is 0 Å². The van der Waals surface area contributed by atoms with Crippen LogP contribution < -0.4 is 0 Å². The van der Waals surface area contributed by atoms with Gasteiger partial charge < -0.3 is 15.1 Å². The average Bonchev–Trinajstić information content (AvgIpc) is 2.26. The Hall–Kier alpha value is -1.71. The molecule has 1 saturated heterocycles. The minimum Gasteiger partial charge on any atom is -0.508 e. The molecule has 0 aromatic heterocycles. The summed E-state index contributed by atoms with van der Waals surface area (Å²) in [5, 5.41) is 18.7. The van der Waals surface area contributed by atoms with E-state index in [1.165, 1.54) is 18.2 Å². The first-order chi connectivity index (χ1) is 8.06. The molecule has 0 radical (unpaired) electrons. The van der Waals surface area contributed by atoms with Crippen molar-refractivity contribution in [3.05, 3.63) is 23.8 Å². The van der Waals surface area contributed by atoms with E-state index in [1.54, 1.807) is 4.90 Å². The summed E-state index contributed by atoms with van der Waals surface area (Å²) in [6.45, 7) is 3.62. The van der Waals surface area contributed by atoms with Gasteiger partial charge in [-0.3, -0.25) is 4.79 Å². The zero-order valence-corrected chi connectivity index (χ0v) is 9.89. The van der Waals surface area contributed by atoms with E-state index >= 15 is 0 Å². The third kappa shape index (κ3) is 2.70. The Morgan fingerprint density at radius 3 is 2.53 bits per heavy atom. The molecule has 1 aliphatic rings. The molecule has 1 aromatic carbocycles. The number of carbonyl (C=O) groups excluding carboxylic acids is 1. The van der Waals surface area contributed by atoms with Crippen LogP contribution >= 0.6 is 0 Å². The highest BCUT2D eigenvalue weighted by Gasteiger charge is 2.22. The summed E-state index contributed by atoms with van der Waals surface area (Å²) in [6, 6.07) is 4.00. The van der Waals surface area contributed by atoms with Crippen LogP contribution in [0.4, 0.5) is 0 Å². The van der Waals surface area contributed by atoms with Gasteiger partial charge in [-0.05, 0) is 30.9 Å². The number of piperidine rings is 1. The normalized spacial score (nSPS) is 20.3. The van der Waals surface area contributed by atoms with Crippen molar-refractivity contribution in [3.8, 4) is 11.5 Å². The van der Waals surface area contributed by atoms with Gasteiger partial charge in [-0.25, -0.2) is 0 Å². The number of nitrogens with zero attached hydrogens (tertiary/aromatic N) is 1. The number of phenolic OH excluding ortho intramolecular Hbond substituents is 2. The second-order valence-corrected chi connectivity index (χ2v) is 4.74. The van der Waals surface area contributed by atoms with E-state index in [1.807, 2.05) is 0 Å². The summed E-state index contributed by atoms with van der Waals surface area (Å²) in [5.74, 6) is 0.221. The van der Waals surface area contributed by atoms with Gasteiger partial charge in [0.25, 0.3) is 5.91 Å². The third-order valence-electron chi connectivity index (χ3n) is 3.09. The maximum absolute atomic E-state index is 12.2. The van der Waals surface area contributed by atoms with Crippen molar-refractivity contribution in [1.82, 2.24) is 4.90 Å². The van der Waals surface area contributed by atoms with Crippen LogP contribution in [-0.4, -0.2) is 34.1 Å². The molecular weight excluding hydrogens is 218 g/mol. The molecule has 4 nitrogen and oxygen atoms in total. The molecule has 1 aliphatic heterocycles. The highest BCUT2D eigenvalue weighted by molar-refractivity contribution is 5.95. The Kier molecular flexibility index (Phi) is 3.22. The van der Waals surface area contributed by atoms with Crippen molar-refractivity contribution in [2.75, 3.05) is 13.1 Å². The molecule has 2 N–H and O–H groups in total. The Bertz CT molecular complexity index is 410. The van der Waals surface area contributed by atoms with E-state index in [4.69, 9.17) is 0 Å². The summed E-state index contributed by atoms with van der Waals surface area (Å²) < 4.78 is 0. The second kappa shape index (κ2) is 4.65. The standard InChI is InChI=1S/C13H17NO3/c1-9-3-2-4-14(8-9)13(17)10-5-11(15)7-12(16)6-10/h5-7,9,15-16H,2-4,8H2,1H3. The Morgan fingerprint density at radius 2 is 1.94 bits per heavy atom. The molecular formula is C13H17NO3. The van der Waals surface area contributed by atoms with Crippen molar-refractivity contribution in [1.29, 1.82) is 0 Å². The summed E-state index contributed by atoms with van der Waals surface area (Å²) >= 11 is 0. The molecule has 1 amide bonds. The molecule has 1 heterocycles. The number of hydrogen-bond donors (Lipinski definition) is 2. The molecule has 2 rings (SSSR count). The van der Waals surface area contributed by atoms with Crippen LogP contribution in [0, 0.1) is 5.92 Å². The molecule has 1 fully saturated rings. The Morgan fingerprint density at radius 1 is 1.29 bits per heavy atom. The molecule has 92 valence electrons. The fourth-order valence-electron chi connectivity index (χ4n) is 2.28. The van der Waals surface area contributed by atoms with Crippen molar-refractivity contribution in [2.45, 2.75) is 19.8 Å². The van der Waals surface area contributed by atoms with Crippen LogP contribution in [0.5, 0.6) is 11.5 Å². The number of benzene rings is 1. The lowest BCUT2D eigenvalue weighted by Gasteiger charge is -2.31. The van der Waals surface area contributed by atoms with Crippen molar-refractivity contribution in [2.24, 2.45) is 5.92 Å². The number of aromatic hydroxyl groups is 2. The van der Waals surface area contributed by atoms with Gasteiger partial charge in [0.2, 0.25) is 0 Å². The number of amides is 1. The zero-order valence-electron chi connectivity index (χ0n) is 9.89. The zero-order chi connectivity index (χ0) is 12.4. The molecule has 0 saturated carbocycles. The maximum atomic E-state index is 12.2. The first-order valence-corrected chi connectivity index (χ1v) is 5.88. The largest absolute Gasteiger partial charge is 0.508 e. The predicted octanol–water partition coefficient (Wildman–Crippen LogP) is 1.97. The minimum absolute atomic E-state index is 0.0848. The number of phenols is 2. The summed E-state index contributed by atoms with van der Waals surface area (Å²) in [6.07, 6.45) is 2.16. The lowest BCUT2D eigenvalue weighted by Crippen LogP contribution is -2.39. The fraction of sp³-hybridized carbons (Fsp3) is 0.462. The first-order valence-electron chi connectivity index (χ1n) is 5.88. The highest BCUT2D eigenvalue weighted by Crippen LogP contribution is 2.23. The van der Waals surface area contributed by atoms with E-state index < -0.39 is 0 Å². The van der Waals surface area contributed by atoms with Gasteiger partial charge in [0.15, 0.2) is 0 Å². The topological polar surface area (TPSA) is 60.8 Å². The van der Waals surface area contributed by atoms with E-state index in [0.29, 0.717) is 11.5 Å². The number of carbonyl (C=O) groups is 1. The lowest BCUT2D eigenvalue weighted by atomic mass is 9.99. The maximum Gasteiger partial charge on any atom is 0.254 e. The number of likely N-dealkylation sites (tertiary alicyclic amines) is 1. The third-order valence-corrected chi connectivity index (χ3v) is 3.09. The fourth-order valence-corrected chi connectivity index (χ4v) is 2.28. The molecule has 0 spiro atoms. The molecule has 0 bridgehead atoms. The van der Waals surface area contributed by atoms with Crippen LogP contribution in [0.25, 0.3) is 0 Å². The van der Waals surface area contributed by atoms with E-state index in [0.717, 1.165) is 25.9 Å². The van der Waals surface area contributed by atoms with E-state index in [9.17, 15) is 15.0 Å². The van der Waals surface area contributed by atoms with Gasteiger partial charge in [-0.1, -0.05) is 6.92 Å². The molecule has 1 unspecified atom stereocenters. The monoisotopic (exact) mass is 235 g/mol. The SMILES string of the molecule is CC1CCCN(C(=O)c2cc(O)cc(O)c2)C1. The molecule has 1 aromatic rings. The smallest absolute Gasteiger partial charge is 0.254 e.